The molecule has 0 radical (unpaired) electrons. The molecule has 0 unspecified atom stereocenters. The average Bonchev–Trinajstić information content (AvgIpc) is 2.68. The van der Waals surface area contributed by atoms with E-state index >= 15 is 0 Å². The summed E-state index contributed by atoms with van der Waals surface area (Å²) in [4.78, 5) is 4.27. The van der Waals surface area contributed by atoms with Gasteiger partial charge in [-0.25, -0.2) is 9.37 Å². The third kappa shape index (κ3) is 2.27. The van der Waals surface area contributed by atoms with Crippen LogP contribution >= 0.6 is 11.6 Å². The molecule has 3 aromatic rings. The Morgan fingerprint density at radius 1 is 1.16 bits per heavy atom. The highest BCUT2D eigenvalue weighted by Gasteiger charge is 2.09. The molecule has 0 amide bonds. The number of fused-ring (bicyclic) bond motifs is 1. The normalized spacial score (nSPS) is 11.1. The van der Waals surface area contributed by atoms with Gasteiger partial charge in [0, 0.05) is 5.02 Å². The molecular formula is C14H11ClFN3. The first kappa shape index (κ1) is 12.0. The number of aromatic nitrogens is 2. The second-order valence-corrected chi connectivity index (χ2v) is 4.75. The van der Waals surface area contributed by atoms with E-state index in [1.165, 1.54) is 12.1 Å². The lowest BCUT2D eigenvalue weighted by Crippen LogP contribution is -2.04. The summed E-state index contributed by atoms with van der Waals surface area (Å²) in [6, 6.07) is 11.8. The molecule has 1 heterocycles. The summed E-state index contributed by atoms with van der Waals surface area (Å²) < 4.78 is 14.8. The van der Waals surface area contributed by atoms with Crippen LogP contribution in [0.15, 0.2) is 42.5 Å². The van der Waals surface area contributed by atoms with Crippen molar-refractivity contribution in [3.63, 3.8) is 0 Å². The number of benzene rings is 2. The number of halogens is 2. The fourth-order valence-electron chi connectivity index (χ4n) is 2.06. The summed E-state index contributed by atoms with van der Waals surface area (Å²) in [5.74, 6) is 0.167. The minimum Gasteiger partial charge on any atom is -0.369 e. The van der Waals surface area contributed by atoms with Gasteiger partial charge in [0.1, 0.15) is 5.82 Å². The van der Waals surface area contributed by atoms with Crippen molar-refractivity contribution in [2.75, 3.05) is 5.73 Å². The summed E-state index contributed by atoms with van der Waals surface area (Å²) >= 11 is 5.93. The Balaban J connectivity index is 2.05. The highest BCUT2D eigenvalue weighted by Crippen LogP contribution is 2.22. The number of nitrogens with two attached hydrogens (primary N) is 1. The molecule has 3 nitrogen and oxygen atoms in total. The minimum atomic E-state index is -0.251. The van der Waals surface area contributed by atoms with Crippen LogP contribution in [0.4, 0.5) is 10.3 Å². The molecule has 0 aliphatic heterocycles. The zero-order chi connectivity index (χ0) is 13.4. The van der Waals surface area contributed by atoms with E-state index in [0.29, 0.717) is 17.5 Å². The first-order valence-corrected chi connectivity index (χ1v) is 6.17. The highest BCUT2D eigenvalue weighted by molar-refractivity contribution is 6.31. The van der Waals surface area contributed by atoms with Crippen LogP contribution in [0.5, 0.6) is 0 Å². The smallest absolute Gasteiger partial charge is 0.201 e. The molecule has 0 bridgehead atoms. The molecule has 5 heteroatoms. The monoisotopic (exact) mass is 275 g/mol. The number of anilines is 1. The van der Waals surface area contributed by atoms with Gasteiger partial charge in [-0.15, -0.1) is 0 Å². The Morgan fingerprint density at radius 2 is 1.89 bits per heavy atom. The van der Waals surface area contributed by atoms with Gasteiger partial charge in [-0.3, -0.25) is 0 Å². The lowest BCUT2D eigenvalue weighted by molar-refractivity contribution is 0.626. The summed E-state index contributed by atoms with van der Waals surface area (Å²) in [6.07, 6.45) is 0. The molecule has 19 heavy (non-hydrogen) atoms. The third-order valence-electron chi connectivity index (χ3n) is 2.99. The van der Waals surface area contributed by atoms with Crippen molar-refractivity contribution in [2.24, 2.45) is 0 Å². The number of hydrogen-bond donors (Lipinski definition) is 1. The van der Waals surface area contributed by atoms with Crippen molar-refractivity contribution in [3.05, 3.63) is 58.9 Å². The Labute approximate surface area is 114 Å². The van der Waals surface area contributed by atoms with Gasteiger partial charge in [0.2, 0.25) is 5.95 Å². The molecule has 0 aliphatic carbocycles. The highest BCUT2D eigenvalue weighted by atomic mass is 35.5. The van der Waals surface area contributed by atoms with E-state index < -0.39 is 0 Å². The molecule has 2 aromatic carbocycles. The molecule has 0 fully saturated rings. The van der Waals surface area contributed by atoms with Crippen LogP contribution in [0.2, 0.25) is 5.02 Å². The largest absolute Gasteiger partial charge is 0.369 e. The number of rotatable bonds is 2. The van der Waals surface area contributed by atoms with Gasteiger partial charge in [-0.1, -0.05) is 23.7 Å². The Bertz CT molecular complexity index is 734. The number of nitrogen functional groups attached to an aromatic ring is 1. The van der Waals surface area contributed by atoms with Crippen LogP contribution in [-0.4, -0.2) is 9.55 Å². The summed E-state index contributed by atoms with van der Waals surface area (Å²) in [5, 5.41) is 0.624. The predicted octanol–water partition coefficient (Wildman–Crippen LogP) is 3.46. The van der Waals surface area contributed by atoms with E-state index in [0.717, 1.165) is 16.6 Å². The molecule has 0 spiro atoms. The van der Waals surface area contributed by atoms with Gasteiger partial charge >= 0.3 is 0 Å². The summed E-state index contributed by atoms with van der Waals surface area (Å²) in [7, 11) is 0. The molecule has 96 valence electrons. The van der Waals surface area contributed by atoms with Crippen molar-refractivity contribution in [3.8, 4) is 0 Å². The standard InChI is InChI=1S/C14H11ClFN3/c15-10-3-6-13-12(7-10)18-14(17)19(13)8-9-1-4-11(16)5-2-9/h1-7H,8H2,(H2,17,18). The maximum absolute atomic E-state index is 12.9. The number of imidazole rings is 1. The van der Waals surface area contributed by atoms with E-state index in [1.807, 2.05) is 10.6 Å². The Kier molecular flexibility index (Phi) is 2.87. The van der Waals surface area contributed by atoms with E-state index in [9.17, 15) is 4.39 Å². The van der Waals surface area contributed by atoms with E-state index in [1.54, 1.807) is 24.3 Å². The fraction of sp³-hybridized carbons (Fsp3) is 0.0714. The first-order valence-electron chi connectivity index (χ1n) is 5.79. The van der Waals surface area contributed by atoms with Gasteiger partial charge in [0.25, 0.3) is 0 Å². The van der Waals surface area contributed by atoms with Gasteiger partial charge in [0.15, 0.2) is 0 Å². The van der Waals surface area contributed by atoms with Crippen LogP contribution in [0.3, 0.4) is 0 Å². The topological polar surface area (TPSA) is 43.8 Å². The Hall–Kier alpha value is -2.07. The molecule has 3 rings (SSSR count). The van der Waals surface area contributed by atoms with E-state index in [4.69, 9.17) is 17.3 Å². The van der Waals surface area contributed by atoms with Crippen molar-refractivity contribution in [2.45, 2.75) is 6.54 Å². The minimum absolute atomic E-state index is 0.251. The van der Waals surface area contributed by atoms with Crippen LogP contribution in [0.25, 0.3) is 11.0 Å². The SMILES string of the molecule is Nc1nc2cc(Cl)ccc2n1Cc1ccc(F)cc1. The molecule has 2 N–H and O–H groups in total. The van der Waals surface area contributed by atoms with Crippen molar-refractivity contribution in [1.29, 1.82) is 0 Å². The van der Waals surface area contributed by atoms with Crippen LogP contribution in [-0.2, 0) is 6.54 Å². The van der Waals surface area contributed by atoms with Crippen LogP contribution < -0.4 is 5.73 Å². The van der Waals surface area contributed by atoms with E-state index in [2.05, 4.69) is 4.98 Å². The first-order chi connectivity index (χ1) is 9.13. The van der Waals surface area contributed by atoms with Crippen LogP contribution in [0.1, 0.15) is 5.56 Å². The fourth-order valence-corrected chi connectivity index (χ4v) is 2.23. The third-order valence-corrected chi connectivity index (χ3v) is 3.23. The molecule has 0 aliphatic rings. The van der Waals surface area contributed by atoms with Crippen molar-refractivity contribution >= 4 is 28.6 Å². The zero-order valence-corrected chi connectivity index (χ0v) is 10.7. The second kappa shape index (κ2) is 4.55. The lowest BCUT2D eigenvalue weighted by Gasteiger charge is -2.06. The maximum atomic E-state index is 12.9. The predicted molar refractivity (Wildman–Crippen MR) is 74.7 cm³/mol. The summed E-state index contributed by atoms with van der Waals surface area (Å²) in [6.45, 7) is 0.546. The van der Waals surface area contributed by atoms with Crippen molar-refractivity contribution in [1.82, 2.24) is 9.55 Å². The lowest BCUT2D eigenvalue weighted by atomic mass is 10.2. The van der Waals surface area contributed by atoms with E-state index in [-0.39, 0.29) is 5.82 Å². The van der Waals surface area contributed by atoms with Gasteiger partial charge in [-0.05, 0) is 35.9 Å². The quantitative estimate of drug-likeness (QED) is 0.778. The van der Waals surface area contributed by atoms with Crippen molar-refractivity contribution < 1.29 is 4.39 Å². The molecular weight excluding hydrogens is 265 g/mol. The average molecular weight is 276 g/mol. The van der Waals surface area contributed by atoms with Gasteiger partial charge in [-0.2, -0.15) is 0 Å². The van der Waals surface area contributed by atoms with Gasteiger partial charge in [0.05, 0.1) is 17.6 Å². The van der Waals surface area contributed by atoms with Crippen LogP contribution in [0, 0.1) is 5.82 Å². The molecule has 1 aromatic heterocycles. The zero-order valence-electron chi connectivity index (χ0n) is 9.98. The molecule has 0 atom stereocenters. The molecule has 0 saturated carbocycles. The van der Waals surface area contributed by atoms with Gasteiger partial charge < -0.3 is 10.3 Å². The summed E-state index contributed by atoms with van der Waals surface area (Å²) in [5.41, 5.74) is 8.54. The number of nitrogens with zero attached hydrogens (tertiary/aromatic N) is 2. The maximum Gasteiger partial charge on any atom is 0.201 e. The Morgan fingerprint density at radius 3 is 2.63 bits per heavy atom. The number of hydrogen-bond acceptors (Lipinski definition) is 2. The second-order valence-electron chi connectivity index (χ2n) is 4.32. The molecule has 0 saturated heterocycles.